The van der Waals surface area contributed by atoms with E-state index in [1.807, 2.05) is 7.11 Å². The van der Waals surface area contributed by atoms with Gasteiger partial charge in [0.2, 0.25) is 0 Å². The first-order valence-electron chi connectivity index (χ1n) is 11.0. The van der Waals surface area contributed by atoms with Gasteiger partial charge in [0.05, 0.1) is 6.10 Å². The van der Waals surface area contributed by atoms with E-state index in [1.54, 1.807) is 6.42 Å². The molecule has 9 atom stereocenters. The van der Waals surface area contributed by atoms with Crippen LogP contribution in [0.5, 0.6) is 0 Å². The third-order valence-corrected chi connectivity index (χ3v) is 9.51. The van der Waals surface area contributed by atoms with Crippen LogP contribution in [0.1, 0.15) is 79.1 Å². The fourth-order valence-corrected chi connectivity index (χ4v) is 8.49. The smallest absolute Gasteiger partial charge is 0.0599 e. The zero-order valence-electron chi connectivity index (χ0n) is 16.8. The van der Waals surface area contributed by atoms with Gasteiger partial charge in [-0.2, -0.15) is 0 Å². The highest BCUT2D eigenvalue weighted by Crippen LogP contribution is 2.65. The Kier molecular flexibility index (Phi) is 4.55. The second-order valence-electron chi connectivity index (χ2n) is 10.6. The number of hydrogen-bond donors (Lipinski definition) is 0. The first kappa shape index (κ1) is 17.4. The Morgan fingerprint density at radius 2 is 1.71 bits per heavy atom. The molecule has 9 unspecified atom stereocenters. The lowest BCUT2D eigenvalue weighted by atomic mass is 9.48. The molecule has 0 radical (unpaired) electrons. The maximum Gasteiger partial charge on any atom is 0.0599 e. The average molecular weight is 333 g/mol. The monoisotopic (exact) mass is 332 g/mol. The minimum atomic E-state index is 0.533. The van der Waals surface area contributed by atoms with E-state index in [1.165, 1.54) is 44.9 Å². The minimum Gasteiger partial charge on any atom is -0.381 e. The van der Waals surface area contributed by atoms with Gasteiger partial charge in [-0.1, -0.05) is 27.7 Å². The molecule has 0 aliphatic heterocycles. The van der Waals surface area contributed by atoms with Crippen LogP contribution in [0.4, 0.5) is 0 Å². The van der Waals surface area contributed by atoms with Crippen LogP contribution >= 0.6 is 0 Å². The molecule has 0 aromatic carbocycles. The van der Waals surface area contributed by atoms with Crippen LogP contribution in [0.3, 0.4) is 0 Å². The van der Waals surface area contributed by atoms with E-state index >= 15 is 0 Å². The van der Waals surface area contributed by atoms with Gasteiger partial charge < -0.3 is 4.74 Å². The Labute approximate surface area is 150 Å². The molecule has 0 bridgehead atoms. The van der Waals surface area contributed by atoms with E-state index in [9.17, 15) is 0 Å². The van der Waals surface area contributed by atoms with Gasteiger partial charge in [0, 0.05) is 7.11 Å². The highest BCUT2D eigenvalue weighted by atomic mass is 16.5. The Balaban J connectivity index is 1.55. The van der Waals surface area contributed by atoms with E-state index in [4.69, 9.17) is 4.74 Å². The summed E-state index contributed by atoms with van der Waals surface area (Å²) >= 11 is 0. The van der Waals surface area contributed by atoms with Gasteiger partial charge in [0.25, 0.3) is 0 Å². The summed E-state index contributed by atoms with van der Waals surface area (Å²) in [5.41, 5.74) is 0.658. The molecule has 0 heterocycles. The van der Waals surface area contributed by atoms with Crippen LogP contribution in [-0.4, -0.2) is 13.2 Å². The fourth-order valence-electron chi connectivity index (χ4n) is 8.49. The molecule has 4 aliphatic rings. The van der Waals surface area contributed by atoms with Gasteiger partial charge in [0.15, 0.2) is 0 Å². The molecule has 4 aliphatic carbocycles. The predicted octanol–water partition coefficient (Wildman–Crippen LogP) is 6.17. The predicted molar refractivity (Wildman–Crippen MR) is 101 cm³/mol. The van der Waals surface area contributed by atoms with Crippen molar-refractivity contribution in [2.75, 3.05) is 7.11 Å². The first-order chi connectivity index (χ1) is 11.5. The van der Waals surface area contributed by atoms with Crippen LogP contribution < -0.4 is 0 Å². The second kappa shape index (κ2) is 6.29. The van der Waals surface area contributed by atoms with E-state index in [-0.39, 0.29) is 0 Å². The standard InChI is InChI=1S/C23H40O/c1-14(2)20-8-9-21-18-7-6-16-12-15(3)22(24-5)13-19(16)17(18)10-11-23(20,21)4/h14-22H,6-13H2,1-5H3. The van der Waals surface area contributed by atoms with Crippen molar-refractivity contribution in [1.29, 1.82) is 0 Å². The van der Waals surface area contributed by atoms with Crippen molar-refractivity contribution >= 4 is 0 Å². The lowest BCUT2D eigenvalue weighted by Gasteiger charge is -2.57. The summed E-state index contributed by atoms with van der Waals surface area (Å²) in [6.07, 6.45) is 12.5. The minimum absolute atomic E-state index is 0.533. The highest BCUT2D eigenvalue weighted by Gasteiger charge is 2.57. The number of ether oxygens (including phenoxy) is 1. The van der Waals surface area contributed by atoms with Crippen molar-refractivity contribution in [2.24, 2.45) is 52.8 Å². The molecule has 0 spiro atoms. The molecular formula is C23H40O. The molecule has 4 rings (SSSR count). The molecule has 1 heteroatoms. The largest absolute Gasteiger partial charge is 0.381 e. The number of methoxy groups -OCH3 is 1. The molecule has 4 fully saturated rings. The van der Waals surface area contributed by atoms with Crippen molar-refractivity contribution in [3.63, 3.8) is 0 Å². The lowest BCUT2D eigenvalue weighted by Crippen LogP contribution is -2.50. The zero-order chi connectivity index (χ0) is 17.1. The number of rotatable bonds is 2. The Hall–Kier alpha value is -0.0400. The van der Waals surface area contributed by atoms with Crippen molar-refractivity contribution in [1.82, 2.24) is 0 Å². The first-order valence-corrected chi connectivity index (χ1v) is 11.0. The maximum atomic E-state index is 5.89. The second-order valence-corrected chi connectivity index (χ2v) is 10.6. The summed E-state index contributed by atoms with van der Waals surface area (Å²) in [5, 5.41) is 0. The van der Waals surface area contributed by atoms with Crippen LogP contribution in [0.2, 0.25) is 0 Å². The Bertz CT molecular complexity index is 457. The molecule has 0 amide bonds. The average Bonchev–Trinajstić information content (AvgIpc) is 2.91. The summed E-state index contributed by atoms with van der Waals surface area (Å²) in [6, 6.07) is 0. The van der Waals surface area contributed by atoms with Gasteiger partial charge >= 0.3 is 0 Å². The Morgan fingerprint density at radius 3 is 2.42 bits per heavy atom. The molecule has 0 aromatic rings. The van der Waals surface area contributed by atoms with E-state index in [2.05, 4.69) is 27.7 Å². The summed E-state index contributed by atoms with van der Waals surface area (Å²) in [5.74, 6) is 7.73. The van der Waals surface area contributed by atoms with E-state index < -0.39 is 0 Å². The number of hydrogen-bond acceptors (Lipinski definition) is 1. The van der Waals surface area contributed by atoms with Crippen molar-refractivity contribution in [2.45, 2.75) is 85.2 Å². The van der Waals surface area contributed by atoms with Crippen LogP contribution in [0.25, 0.3) is 0 Å². The molecule has 0 N–H and O–H groups in total. The molecular weight excluding hydrogens is 292 g/mol. The summed E-state index contributed by atoms with van der Waals surface area (Å²) in [7, 11) is 1.95. The summed E-state index contributed by atoms with van der Waals surface area (Å²) in [6.45, 7) is 10.1. The Morgan fingerprint density at radius 1 is 0.917 bits per heavy atom. The molecule has 0 saturated heterocycles. The molecule has 138 valence electrons. The fraction of sp³-hybridized carbons (Fsp3) is 1.00. The van der Waals surface area contributed by atoms with Gasteiger partial charge in [-0.05, 0) is 104 Å². The molecule has 0 aromatic heterocycles. The lowest BCUT2D eigenvalue weighted by molar-refractivity contribution is -0.101. The zero-order valence-corrected chi connectivity index (χ0v) is 16.8. The van der Waals surface area contributed by atoms with Crippen LogP contribution in [0.15, 0.2) is 0 Å². The highest BCUT2D eigenvalue weighted by molar-refractivity contribution is 5.06. The quantitative estimate of drug-likeness (QED) is 0.587. The van der Waals surface area contributed by atoms with Crippen molar-refractivity contribution in [3.05, 3.63) is 0 Å². The van der Waals surface area contributed by atoms with Crippen LogP contribution in [0, 0.1) is 52.8 Å². The van der Waals surface area contributed by atoms with Gasteiger partial charge in [0.1, 0.15) is 0 Å². The third-order valence-electron chi connectivity index (χ3n) is 9.51. The summed E-state index contributed by atoms with van der Waals surface area (Å²) < 4.78 is 5.89. The maximum absolute atomic E-state index is 5.89. The third kappa shape index (κ3) is 2.51. The summed E-state index contributed by atoms with van der Waals surface area (Å²) in [4.78, 5) is 0. The van der Waals surface area contributed by atoms with Crippen molar-refractivity contribution < 1.29 is 4.74 Å². The van der Waals surface area contributed by atoms with Gasteiger partial charge in [-0.3, -0.25) is 0 Å². The topological polar surface area (TPSA) is 9.23 Å². The number of fused-ring (bicyclic) bond motifs is 5. The van der Waals surface area contributed by atoms with E-state index in [0.29, 0.717) is 11.5 Å². The normalized spacial score (nSPS) is 54.2. The van der Waals surface area contributed by atoms with Crippen LogP contribution in [-0.2, 0) is 4.74 Å². The van der Waals surface area contributed by atoms with E-state index in [0.717, 1.165) is 47.3 Å². The SMILES string of the molecule is COC1CC2C(CCC3C2CCC2(C)C(C(C)C)CCC32)CC1C. The molecule has 1 nitrogen and oxygen atoms in total. The molecule has 24 heavy (non-hydrogen) atoms. The van der Waals surface area contributed by atoms with Crippen molar-refractivity contribution in [3.8, 4) is 0 Å². The van der Waals surface area contributed by atoms with Gasteiger partial charge in [-0.15, -0.1) is 0 Å². The molecule has 4 saturated carbocycles. The van der Waals surface area contributed by atoms with Gasteiger partial charge in [-0.25, -0.2) is 0 Å².